The zero-order valence-electron chi connectivity index (χ0n) is 20.9. The summed E-state index contributed by atoms with van der Waals surface area (Å²) in [7, 11) is 2.47. The number of aryl methyl sites for hydroxylation is 1. The summed E-state index contributed by atoms with van der Waals surface area (Å²) in [6, 6.07) is 16.6. The number of benzene rings is 3. The Labute approximate surface area is 211 Å². The van der Waals surface area contributed by atoms with E-state index >= 15 is 0 Å². The van der Waals surface area contributed by atoms with Gasteiger partial charge in [0.15, 0.2) is 18.1 Å². The summed E-state index contributed by atoms with van der Waals surface area (Å²) in [4.78, 5) is 14.2. The number of ether oxygens (including phenoxy) is 4. The molecule has 0 radical (unpaired) electrons. The van der Waals surface area contributed by atoms with Crippen LogP contribution >= 0.6 is 0 Å². The fraction of sp³-hybridized carbons (Fsp3) is 0.269. The van der Waals surface area contributed by atoms with Gasteiger partial charge in [-0.15, -0.1) is 0 Å². The first-order valence-corrected chi connectivity index (χ1v) is 12.5. The molecule has 0 aliphatic heterocycles. The largest absolute Gasteiger partial charge is 0.493 e. The number of sulfonamides is 1. The van der Waals surface area contributed by atoms with Crippen LogP contribution in [-0.2, 0) is 21.4 Å². The predicted molar refractivity (Wildman–Crippen MR) is 136 cm³/mol. The average molecular weight is 515 g/mol. The van der Waals surface area contributed by atoms with Crippen molar-refractivity contribution in [2.24, 2.45) is 0 Å². The van der Waals surface area contributed by atoms with E-state index in [4.69, 9.17) is 18.9 Å². The summed E-state index contributed by atoms with van der Waals surface area (Å²) in [5, 5.41) is 0. The van der Waals surface area contributed by atoms with Crippen LogP contribution in [0.2, 0.25) is 0 Å². The Morgan fingerprint density at radius 2 is 1.53 bits per heavy atom. The van der Waals surface area contributed by atoms with Gasteiger partial charge in [0.2, 0.25) is 5.75 Å². The quantitative estimate of drug-likeness (QED) is 0.414. The van der Waals surface area contributed by atoms with E-state index in [1.807, 2.05) is 19.1 Å². The van der Waals surface area contributed by atoms with E-state index in [9.17, 15) is 13.2 Å². The third-order valence-corrected chi connectivity index (χ3v) is 6.84. The van der Waals surface area contributed by atoms with Crippen LogP contribution in [-0.4, -0.2) is 54.2 Å². The molecule has 192 valence electrons. The molecular formula is C26H30N2O7S. The summed E-state index contributed by atoms with van der Waals surface area (Å²) in [5.41, 5.74) is 2.12. The maximum absolute atomic E-state index is 12.7. The van der Waals surface area contributed by atoms with Crippen molar-refractivity contribution in [3.8, 4) is 23.0 Å². The Morgan fingerprint density at radius 1 is 0.917 bits per heavy atom. The zero-order chi connectivity index (χ0) is 26.3. The van der Waals surface area contributed by atoms with Crippen molar-refractivity contribution in [1.29, 1.82) is 0 Å². The highest BCUT2D eigenvalue weighted by atomic mass is 32.2. The molecule has 0 atom stereocenters. The van der Waals surface area contributed by atoms with Crippen molar-refractivity contribution in [3.05, 3.63) is 71.8 Å². The lowest BCUT2D eigenvalue weighted by atomic mass is 10.1. The first kappa shape index (κ1) is 26.7. The molecule has 3 aromatic carbocycles. The topological polar surface area (TPSA) is 103 Å². The molecule has 10 heteroatoms. The minimum Gasteiger partial charge on any atom is -0.493 e. The monoisotopic (exact) mass is 514 g/mol. The van der Waals surface area contributed by atoms with Gasteiger partial charge in [0.1, 0.15) is 5.75 Å². The van der Waals surface area contributed by atoms with Crippen LogP contribution in [0.3, 0.4) is 0 Å². The second kappa shape index (κ2) is 11.7. The normalized spacial score (nSPS) is 10.9. The van der Waals surface area contributed by atoms with Gasteiger partial charge in [-0.25, -0.2) is 8.42 Å². The molecular weight excluding hydrogens is 484 g/mol. The van der Waals surface area contributed by atoms with Crippen LogP contribution in [0.25, 0.3) is 0 Å². The highest BCUT2D eigenvalue weighted by Gasteiger charge is 2.18. The summed E-state index contributed by atoms with van der Waals surface area (Å²) < 4.78 is 49.6. The Hall–Kier alpha value is -3.92. The van der Waals surface area contributed by atoms with Crippen LogP contribution in [0.5, 0.6) is 23.0 Å². The van der Waals surface area contributed by atoms with Gasteiger partial charge >= 0.3 is 0 Å². The Kier molecular flexibility index (Phi) is 8.65. The van der Waals surface area contributed by atoms with Gasteiger partial charge in [0, 0.05) is 13.6 Å². The van der Waals surface area contributed by atoms with Crippen LogP contribution in [0.15, 0.2) is 65.6 Å². The van der Waals surface area contributed by atoms with Crippen molar-refractivity contribution in [2.75, 3.05) is 39.7 Å². The van der Waals surface area contributed by atoms with Gasteiger partial charge in [0.05, 0.1) is 31.9 Å². The highest BCUT2D eigenvalue weighted by molar-refractivity contribution is 7.92. The lowest BCUT2D eigenvalue weighted by Crippen LogP contribution is -2.31. The van der Waals surface area contributed by atoms with Gasteiger partial charge in [0.25, 0.3) is 15.9 Å². The first-order valence-electron chi connectivity index (χ1n) is 11.0. The van der Waals surface area contributed by atoms with Crippen molar-refractivity contribution in [1.82, 2.24) is 4.90 Å². The fourth-order valence-corrected chi connectivity index (χ4v) is 4.58. The molecule has 0 heterocycles. The maximum atomic E-state index is 12.7. The van der Waals surface area contributed by atoms with Crippen LogP contribution in [0.1, 0.15) is 11.1 Å². The van der Waals surface area contributed by atoms with Gasteiger partial charge in [-0.1, -0.05) is 18.2 Å². The van der Waals surface area contributed by atoms with Crippen LogP contribution in [0.4, 0.5) is 5.69 Å². The molecule has 1 amide bonds. The lowest BCUT2D eigenvalue weighted by molar-refractivity contribution is -0.132. The SMILES string of the molecule is COc1cc(CN(C)C(=O)COc2ccc(S(=O)(=O)Nc3ccccc3C)cc2)cc(OC)c1OC. The smallest absolute Gasteiger partial charge is 0.261 e. The number of nitrogens with one attached hydrogen (secondary N) is 1. The number of methoxy groups -OCH3 is 3. The van der Waals surface area contributed by atoms with Crippen LogP contribution in [0, 0.1) is 6.92 Å². The molecule has 3 rings (SSSR count). The Morgan fingerprint density at radius 3 is 2.08 bits per heavy atom. The molecule has 3 aromatic rings. The molecule has 0 unspecified atom stereocenters. The molecule has 9 nitrogen and oxygen atoms in total. The van der Waals surface area contributed by atoms with Gasteiger partial charge in [-0.05, 0) is 60.5 Å². The second-order valence-electron chi connectivity index (χ2n) is 7.96. The molecule has 0 fully saturated rings. The molecule has 0 bridgehead atoms. The summed E-state index contributed by atoms with van der Waals surface area (Å²) in [6.45, 7) is 1.90. The van der Waals surface area contributed by atoms with Crippen molar-refractivity contribution < 1.29 is 32.2 Å². The minimum atomic E-state index is -3.76. The fourth-order valence-electron chi connectivity index (χ4n) is 3.45. The molecule has 0 spiro atoms. The predicted octanol–water partition coefficient (Wildman–Crippen LogP) is 3.86. The average Bonchev–Trinajstić information content (AvgIpc) is 2.88. The first-order chi connectivity index (χ1) is 17.2. The highest BCUT2D eigenvalue weighted by Crippen LogP contribution is 2.38. The number of hydrogen-bond acceptors (Lipinski definition) is 7. The molecule has 36 heavy (non-hydrogen) atoms. The van der Waals surface area contributed by atoms with Crippen LogP contribution < -0.4 is 23.7 Å². The van der Waals surface area contributed by atoms with E-state index in [1.165, 1.54) is 50.5 Å². The Balaban J connectivity index is 1.60. The van der Waals surface area contributed by atoms with E-state index in [0.29, 0.717) is 35.2 Å². The number of amides is 1. The molecule has 1 N–H and O–H groups in total. The summed E-state index contributed by atoms with van der Waals surface area (Å²) in [6.07, 6.45) is 0. The number of anilines is 1. The molecule has 0 saturated carbocycles. The van der Waals surface area contributed by atoms with E-state index in [0.717, 1.165) is 11.1 Å². The number of para-hydroxylation sites is 1. The minimum absolute atomic E-state index is 0.0870. The van der Waals surface area contributed by atoms with E-state index in [-0.39, 0.29) is 17.4 Å². The number of nitrogens with zero attached hydrogens (tertiary/aromatic N) is 1. The Bertz CT molecular complexity index is 1280. The van der Waals surface area contributed by atoms with E-state index < -0.39 is 10.0 Å². The zero-order valence-corrected chi connectivity index (χ0v) is 21.7. The molecule has 0 aliphatic rings. The van der Waals surface area contributed by atoms with E-state index in [1.54, 1.807) is 31.3 Å². The standard InChI is InChI=1S/C26H30N2O7S/c1-18-8-6-7-9-22(18)27-36(30,31)21-12-10-20(11-13-21)35-17-25(29)28(2)16-19-14-23(32-3)26(34-5)24(15-19)33-4/h6-15,27H,16-17H2,1-5H3. The summed E-state index contributed by atoms with van der Waals surface area (Å²) >= 11 is 0. The third kappa shape index (κ3) is 6.39. The van der Waals surface area contributed by atoms with Gasteiger partial charge in [-0.3, -0.25) is 9.52 Å². The number of likely N-dealkylation sites (N-methyl/N-ethyl adjacent to an activating group) is 1. The molecule has 0 aliphatic carbocycles. The summed E-state index contributed by atoms with van der Waals surface area (Å²) in [5.74, 6) is 1.58. The van der Waals surface area contributed by atoms with E-state index in [2.05, 4.69) is 4.72 Å². The lowest BCUT2D eigenvalue weighted by Gasteiger charge is -2.20. The molecule has 0 aromatic heterocycles. The maximum Gasteiger partial charge on any atom is 0.261 e. The van der Waals surface area contributed by atoms with Crippen molar-refractivity contribution in [2.45, 2.75) is 18.4 Å². The van der Waals surface area contributed by atoms with Crippen molar-refractivity contribution in [3.63, 3.8) is 0 Å². The van der Waals surface area contributed by atoms with Gasteiger partial charge < -0.3 is 23.8 Å². The number of hydrogen-bond donors (Lipinski definition) is 1. The number of carbonyl (C=O) groups is 1. The number of rotatable bonds is 11. The molecule has 0 saturated heterocycles. The number of carbonyl (C=O) groups excluding carboxylic acids is 1. The van der Waals surface area contributed by atoms with Crippen molar-refractivity contribution >= 4 is 21.6 Å². The second-order valence-corrected chi connectivity index (χ2v) is 9.65. The third-order valence-electron chi connectivity index (χ3n) is 5.46. The van der Waals surface area contributed by atoms with Gasteiger partial charge in [-0.2, -0.15) is 0 Å².